The number of hydrogen-bond donors (Lipinski definition) is 0. The summed E-state index contributed by atoms with van der Waals surface area (Å²) in [6.45, 7) is 2.80. The summed E-state index contributed by atoms with van der Waals surface area (Å²) in [6.07, 6.45) is 3.54. The zero-order valence-corrected chi connectivity index (χ0v) is 18.4. The predicted octanol–water partition coefficient (Wildman–Crippen LogP) is 3.71. The summed E-state index contributed by atoms with van der Waals surface area (Å²) in [4.78, 5) is 30.6. The van der Waals surface area contributed by atoms with Gasteiger partial charge in [-0.1, -0.05) is 36.4 Å². The summed E-state index contributed by atoms with van der Waals surface area (Å²) in [7, 11) is 1.93. The van der Waals surface area contributed by atoms with E-state index in [0.29, 0.717) is 19.1 Å². The van der Waals surface area contributed by atoms with Crippen molar-refractivity contribution < 1.29 is 14.3 Å². The third kappa shape index (κ3) is 4.76. The van der Waals surface area contributed by atoms with Crippen LogP contribution in [0.4, 0.5) is 0 Å². The van der Waals surface area contributed by atoms with E-state index in [-0.39, 0.29) is 23.8 Å². The van der Waals surface area contributed by atoms with Crippen LogP contribution in [0.5, 0.6) is 0 Å². The van der Waals surface area contributed by atoms with Gasteiger partial charge in [0.05, 0.1) is 17.4 Å². The topological polar surface area (TPSA) is 49.9 Å². The van der Waals surface area contributed by atoms with Gasteiger partial charge in [-0.3, -0.25) is 9.59 Å². The van der Waals surface area contributed by atoms with Crippen molar-refractivity contribution in [3.8, 4) is 0 Å². The van der Waals surface area contributed by atoms with Crippen molar-refractivity contribution in [1.29, 1.82) is 0 Å². The molecule has 4 rings (SSSR count). The first kappa shape index (κ1) is 21.1. The van der Waals surface area contributed by atoms with Gasteiger partial charge in [0.1, 0.15) is 0 Å². The number of rotatable bonds is 6. The number of benzene rings is 1. The molecule has 0 radical (unpaired) electrons. The fraction of sp³-hybridized carbons (Fsp3) is 0.500. The standard InChI is InChI=1S/C24H30N2O3S/c1-25(24(28)22-8-5-15-30-22)21(16-18-6-3-2-4-7-18)19-9-12-26(13-10-19)23(27)20-11-14-29-17-20/h2-8,15,19-21H,9-14,16-17H2,1H3. The second-order valence-corrected chi connectivity index (χ2v) is 9.32. The van der Waals surface area contributed by atoms with Gasteiger partial charge in [0, 0.05) is 32.8 Å². The number of carbonyl (C=O) groups is 2. The minimum atomic E-state index is 0.0322. The largest absolute Gasteiger partial charge is 0.381 e. The second-order valence-electron chi connectivity index (χ2n) is 8.37. The Kier molecular flexibility index (Phi) is 6.85. The van der Waals surface area contributed by atoms with Gasteiger partial charge in [0.25, 0.3) is 5.91 Å². The molecule has 0 aliphatic carbocycles. The van der Waals surface area contributed by atoms with E-state index in [4.69, 9.17) is 4.74 Å². The van der Waals surface area contributed by atoms with E-state index in [2.05, 4.69) is 24.3 Å². The van der Waals surface area contributed by atoms with Crippen LogP contribution >= 0.6 is 11.3 Å². The Hall–Kier alpha value is -2.18. The van der Waals surface area contributed by atoms with Crippen molar-refractivity contribution in [2.24, 2.45) is 11.8 Å². The molecule has 2 unspecified atom stereocenters. The fourth-order valence-electron chi connectivity index (χ4n) is 4.69. The predicted molar refractivity (Wildman–Crippen MR) is 119 cm³/mol. The first-order chi connectivity index (χ1) is 14.6. The number of thiophene rings is 1. The quantitative estimate of drug-likeness (QED) is 0.708. The Balaban J connectivity index is 1.45. The summed E-state index contributed by atoms with van der Waals surface area (Å²) in [6, 6.07) is 14.3. The van der Waals surface area contributed by atoms with Gasteiger partial charge in [-0.25, -0.2) is 0 Å². The minimum absolute atomic E-state index is 0.0322. The van der Waals surface area contributed by atoms with Crippen LogP contribution in [0.25, 0.3) is 0 Å². The Labute approximate surface area is 182 Å². The van der Waals surface area contributed by atoms with E-state index in [1.54, 1.807) is 0 Å². The van der Waals surface area contributed by atoms with E-state index < -0.39 is 0 Å². The van der Waals surface area contributed by atoms with Crippen molar-refractivity contribution >= 4 is 23.2 Å². The van der Waals surface area contributed by atoms with Gasteiger partial charge >= 0.3 is 0 Å². The third-order valence-electron chi connectivity index (χ3n) is 6.51. The van der Waals surface area contributed by atoms with E-state index in [1.165, 1.54) is 16.9 Å². The molecule has 2 aliphatic heterocycles. The zero-order valence-electron chi connectivity index (χ0n) is 17.5. The highest BCUT2D eigenvalue weighted by Gasteiger charge is 2.35. The summed E-state index contributed by atoms with van der Waals surface area (Å²) in [5.41, 5.74) is 1.25. The summed E-state index contributed by atoms with van der Waals surface area (Å²) in [5, 5.41) is 1.95. The average Bonchev–Trinajstić information content (AvgIpc) is 3.51. The molecule has 2 amide bonds. The normalized spacial score (nSPS) is 20.8. The molecular formula is C24H30N2O3S. The van der Waals surface area contributed by atoms with E-state index in [0.717, 1.165) is 43.6 Å². The van der Waals surface area contributed by atoms with Crippen LogP contribution in [0.2, 0.25) is 0 Å². The molecule has 6 heteroatoms. The molecule has 0 N–H and O–H groups in total. The number of nitrogens with zero attached hydrogens (tertiary/aromatic N) is 2. The fourth-order valence-corrected chi connectivity index (χ4v) is 5.40. The maximum atomic E-state index is 13.1. The van der Waals surface area contributed by atoms with Crippen LogP contribution < -0.4 is 0 Å². The molecule has 2 atom stereocenters. The highest BCUT2D eigenvalue weighted by atomic mass is 32.1. The molecule has 2 fully saturated rings. The van der Waals surface area contributed by atoms with E-state index in [1.807, 2.05) is 40.4 Å². The van der Waals surface area contributed by atoms with Crippen molar-refractivity contribution in [2.75, 3.05) is 33.4 Å². The molecule has 30 heavy (non-hydrogen) atoms. The molecule has 2 aromatic rings. The highest BCUT2D eigenvalue weighted by Crippen LogP contribution is 2.29. The number of hydrogen-bond acceptors (Lipinski definition) is 4. The first-order valence-corrected chi connectivity index (χ1v) is 11.7. The highest BCUT2D eigenvalue weighted by molar-refractivity contribution is 7.12. The van der Waals surface area contributed by atoms with E-state index >= 15 is 0 Å². The molecule has 1 aromatic carbocycles. The van der Waals surface area contributed by atoms with E-state index in [9.17, 15) is 9.59 Å². The van der Waals surface area contributed by atoms with Crippen LogP contribution in [0, 0.1) is 11.8 Å². The molecule has 160 valence electrons. The molecule has 2 aliphatic rings. The Morgan fingerprint density at radius 1 is 1.13 bits per heavy atom. The van der Waals surface area contributed by atoms with Gasteiger partial charge in [0.15, 0.2) is 0 Å². The van der Waals surface area contributed by atoms with Crippen molar-refractivity contribution in [3.05, 3.63) is 58.3 Å². The Morgan fingerprint density at radius 3 is 2.53 bits per heavy atom. The molecular weight excluding hydrogens is 396 g/mol. The maximum Gasteiger partial charge on any atom is 0.263 e. The van der Waals surface area contributed by atoms with Crippen LogP contribution in [-0.2, 0) is 16.0 Å². The number of likely N-dealkylation sites (tertiary alicyclic amines) is 1. The SMILES string of the molecule is CN(C(=O)c1cccs1)C(Cc1ccccc1)C1CCN(C(=O)C2CCOC2)CC1. The van der Waals surface area contributed by atoms with Crippen LogP contribution in [-0.4, -0.2) is 61.0 Å². The average molecular weight is 427 g/mol. The summed E-state index contributed by atoms with van der Waals surface area (Å²) >= 11 is 1.49. The van der Waals surface area contributed by atoms with Crippen molar-refractivity contribution in [1.82, 2.24) is 9.80 Å². The molecule has 0 spiro atoms. The summed E-state index contributed by atoms with van der Waals surface area (Å²) < 4.78 is 5.40. The van der Waals surface area contributed by atoms with Gasteiger partial charge in [-0.15, -0.1) is 11.3 Å². The lowest BCUT2D eigenvalue weighted by Gasteiger charge is -2.40. The molecule has 1 aromatic heterocycles. The number of amides is 2. The molecule has 0 bridgehead atoms. The molecule has 2 saturated heterocycles. The monoisotopic (exact) mass is 426 g/mol. The first-order valence-electron chi connectivity index (χ1n) is 10.8. The van der Waals surface area contributed by atoms with Gasteiger partial charge in [-0.05, 0) is 48.6 Å². The lowest BCUT2D eigenvalue weighted by Crippen LogP contribution is -2.49. The number of piperidine rings is 1. The molecule has 3 heterocycles. The number of ether oxygens (including phenoxy) is 1. The number of likely N-dealkylation sites (N-methyl/N-ethyl adjacent to an activating group) is 1. The third-order valence-corrected chi connectivity index (χ3v) is 7.37. The molecule has 0 saturated carbocycles. The van der Waals surface area contributed by atoms with Gasteiger partial charge in [-0.2, -0.15) is 0 Å². The lowest BCUT2D eigenvalue weighted by molar-refractivity contribution is -0.137. The molecule has 5 nitrogen and oxygen atoms in total. The minimum Gasteiger partial charge on any atom is -0.381 e. The number of carbonyl (C=O) groups excluding carboxylic acids is 2. The van der Waals surface area contributed by atoms with Gasteiger partial charge in [0.2, 0.25) is 5.91 Å². The van der Waals surface area contributed by atoms with Crippen LogP contribution in [0.1, 0.15) is 34.5 Å². The summed E-state index contributed by atoms with van der Waals surface area (Å²) in [5.74, 6) is 0.744. The zero-order chi connectivity index (χ0) is 20.9. The Bertz CT molecular complexity index is 825. The maximum absolute atomic E-state index is 13.1. The lowest BCUT2D eigenvalue weighted by atomic mass is 9.84. The smallest absolute Gasteiger partial charge is 0.263 e. The van der Waals surface area contributed by atoms with Gasteiger partial charge < -0.3 is 14.5 Å². The van der Waals surface area contributed by atoms with Crippen LogP contribution in [0.15, 0.2) is 47.8 Å². The van der Waals surface area contributed by atoms with Crippen LogP contribution in [0.3, 0.4) is 0 Å². The second kappa shape index (κ2) is 9.75. The Morgan fingerprint density at radius 2 is 1.90 bits per heavy atom. The van der Waals surface area contributed by atoms with Crippen molar-refractivity contribution in [2.45, 2.75) is 31.7 Å². The van der Waals surface area contributed by atoms with Crippen molar-refractivity contribution in [3.63, 3.8) is 0 Å².